The van der Waals surface area contributed by atoms with Crippen LogP contribution in [0.5, 0.6) is 5.75 Å². The fourth-order valence-electron chi connectivity index (χ4n) is 2.05. The number of aryl methyl sites for hydroxylation is 1. The van der Waals surface area contributed by atoms with E-state index < -0.39 is 0 Å². The summed E-state index contributed by atoms with van der Waals surface area (Å²) in [6.07, 6.45) is 4.05. The van der Waals surface area contributed by atoms with Crippen LogP contribution in [0.1, 0.15) is 39.2 Å². The number of ether oxygens (including phenoxy) is 1. The lowest BCUT2D eigenvalue weighted by atomic mass is 9.99. The van der Waals surface area contributed by atoms with Crippen LogP contribution in [0.4, 0.5) is 0 Å². The van der Waals surface area contributed by atoms with E-state index in [0.717, 1.165) is 16.9 Å². The second-order valence-electron chi connectivity index (χ2n) is 5.48. The van der Waals surface area contributed by atoms with Crippen molar-refractivity contribution < 1.29 is 4.74 Å². The van der Waals surface area contributed by atoms with Gasteiger partial charge in [0.25, 0.3) is 0 Å². The summed E-state index contributed by atoms with van der Waals surface area (Å²) in [6.45, 7) is 8.49. The minimum atomic E-state index is 0.165. The summed E-state index contributed by atoms with van der Waals surface area (Å²) < 4.78 is 7.77. The van der Waals surface area contributed by atoms with E-state index in [-0.39, 0.29) is 6.10 Å². The summed E-state index contributed by atoms with van der Waals surface area (Å²) in [5.74, 6) is 1.44. The Morgan fingerprint density at radius 1 is 1.16 bits per heavy atom. The summed E-state index contributed by atoms with van der Waals surface area (Å²) in [5.41, 5.74) is 3.49. The first-order chi connectivity index (χ1) is 8.97. The SMILES string of the molecule is CC(C)Oc1cc(C(C)C)ccc1-c1cnn(C)c1. The number of hydrogen-bond donors (Lipinski definition) is 0. The van der Waals surface area contributed by atoms with Gasteiger partial charge in [0.05, 0.1) is 12.3 Å². The molecule has 0 aliphatic carbocycles. The molecule has 0 saturated carbocycles. The molecule has 0 spiro atoms. The fraction of sp³-hybridized carbons (Fsp3) is 0.438. The maximum absolute atomic E-state index is 5.96. The maximum atomic E-state index is 5.96. The van der Waals surface area contributed by atoms with Crippen molar-refractivity contribution in [2.24, 2.45) is 7.05 Å². The smallest absolute Gasteiger partial charge is 0.127 e. The van der Waals surface area contributed by atoms with Crippen molar-refractivity contribution in [3.63, 3.8) is 0 Å². The van der Waals surface area contributed by atoms with Crippen LogP contribution in [0.25, 0.3) is 11.1 Å². The second-order valence-corrected chi connectivity index (χ2v) is 5.48. The summed E-state index contributed by atoms with van der Waals surface area (Å²) in [5, 5.41) is 4.23. The van der Waals surface area contributed by atoms with Gasteiger partial charge >= 0.3 is 0 Å². The molecular formula is C16H22N2O. The molecule has 0 aliphatic heterocycles. The van der Waals surface area contributed by atoms with E-state index in [1.54, 1.807) is 0 Å². The van der Waals surface area contributed by atoms with Crippen molar-refractivity contribution in [1.29, 1.82) is 0 Å². The standard InChI is InChI=1S/C16H22N2O/c1-11(2)13-6-7-15(14-9-17-18(5)10-14)16(8-13)19-12(3)4/h6-12H,1-5H3. The zero-order valence-corrected chi connectivity index (χ0v) is 12.3. The van der Waals surface area contributed by atoms with Gasteiger partial charge in [0.15, 0.2) is 0 Å². The van der Waals surface area contributed by atoms with Crippen molar-refractivity contribution in [2.45, 2.75) is 39.7 Å². The van der Waals surface area contributed by atoms with E-state index in [0.29, 0.717) is 5.92 Å². The van der Waals surface area contributed by atoms with Gasteiger partial charge in [0.1, 0.15) is 5.75 Å². The summed E-state index contributed by atoms with van der Waals surface area (Å²) in [7, 11) is 1.93. The zero-order valence-electron chi connectivity index (χ0n) is 12.3. The zero-order chi connectivity index (χ0) is 14.0. The third-order valence-electron chi connectivity index (χ3n) is 3.05. The molecule has 2 rings (SSSR count). The Morgan fingerprint density at radius 3 is 2.42 bits per heavy atom. The molecular weight excluding hydrogens is 236 g/mol. The Balaban J connectivity index is 2.47. The number of hydrogen-bond acceptors (Lipinski definition) is 2. The molecule has 2 aromatic rings. The first-order valence-electron chi connectivity index (χ1n) is 6.77. The molecule has 19 heavy (non-hydrogen) atoms. The average Bonchev–Trinajstić information content (AvgIpc) is 2.74. The van der Waals surface area contributed by atoms with Crippen LogP contribution in [0, 0.1) is 0 Å². The van der Waals surface area contributed by atoms with Gasteiger partial charge in [-0.25, -0.2) is 0 Å². The van der Waals surface area contributed by atoms with Crippen molar-refractivity contribution >= 4 is 0 Å². The van der Waals surface area contributed by atoms with E-state index in [1.807, 2.05) is 24.1 Å². The van der Waals surface area contributed by atoms with Gasteiger partial charge in [0.2, 0.25) is 0 Å². The Hall–Kier alpha value is -1.77. The van der Waals surface area contributed by atoms with Crippen molar-refractivity contribution in [1.82, 2.24) is 9.78 Å². The van der Waals surface area contributed by atoms with Gasteiger partial charge in [0, 0.05) is 24.4 Å². The van der Waals surface area contributed by atoms with Gasteiger partial charge in [-0.15, -0.1) is 0 Å². The van der Waals surface area contributed by atoms with Crippen LogP contribution >= 0.6 is 0 Å². The van der Waals surface area contributed by atoms with E-state index in [9.17, 15) is 0 Å². The third-order valence-corrected chi connectivity index (χ3v) is 3.05. The van der Waals surface area contributed by atoms with Crippen LogP contribution in [-0.4, -0.2) is 15.9 Å². The molecule has 0 atom stereocenters. The Kier molecular flexibility index (Phi) is 3.93. The van der Waals surface area contributed by atoms with Gasteiger partial charge < -0.3 is 4.74 Å². The van der Waals surface area contributed by atoms with Crippen LogP contribution in [0.2, 0.25) is 0 Å². The molecule has 0 unspecified atom stereocenters. The minimum absolute atomic E-state index is 0.165. The van der Waals surface area contributed by atoms with E-state index in [2.05, 4.69) is 51.0 Å². The highest BCUT2D eigenvalue weighted by molar-refractivity contribution is 5.70. The number of rotatable bonds is 4. The van der Waals surface area contributed by atoms with E-state index in [4.69, 9.17) is 4.74 Å². The quantitative estimate of drug-likeness (QED) is 0.829. The van der Waals surface area contributed by atoms with Gasteiger partial charge in [-0.3, -0.25) is 4.68 Å². The molecule has 3 heteroatoms. The molecule has 3 nitrogen and oxygen atoms in total. The molecule has 1 aromatic carbocycles. The molecule has 0 aliphatic rings. The molecule has 0 radical (unpaired) electrons. The predicted molar refractivity (Wildman–Crippen MR) is 78.5 cm³/mol. The fourth-order valence-corrected chi connectivity index (χ4v) is 2.05. The highest BCUT2D eigenvalue weighted by Gasteiger charge is 2.12. The first-order valence-corrected chi connectivity index (χ1v) is 6.77. The highest BCUT2D eigenvalue weighted by Crippen LogP contribution is 2.33. The Labute approximate surface area is 115 Å². The largest absolute Gasteiger partial charge is 0.490 e. The number of nitrogens with zero attached hydrogens (tertiary/aromatic N) is 2. The van der Waals surface area contributed by atoms with Crippen molar-refractivity contribution in [2.75, 3.05) is 0 Å². The van der Waals surface area contributed by atoms with Crippen molar-refractivity contribution in [3.05, 3.63) is 36.2 Å². The minimum Gasteiger partial charge on any atom is -0.490 e. The Bertz CT molecular complexity index is 556. The van der Waals surface area contributed by atoms with Crippen LogP contribution < -0.4 is 4.74 Å². The molecule has 0 bridgehead atoms. The lowest BCUT2D eigenvalue weighted by Gasteiger charge is -2.16. The van der Waals surface area contributed by atoms with E-state index >= 15 is 0 Å². The number of aromatic nitrogens is 2. The van der Waals surface area contributed by atoms with Crippen LogP contribution in [-0.2, 0) is 7.05 Å². The average molecular weight is 258 g/mol. The first kappa shape index (κ1) is 13.7. The summed E-state index contributed by atoms with van der Waals surface area (Å²) in [4.78, 5) is 0. The topological polar surface area (TPSA) is 27.1 Å². The molecule has 0 saturated heterocycles. The third kappa shape index (κ3) is 3.16. The number of benzene rings is 1. The monoisotopic (exact) mass is 258 g/mol. The molecule has 1 aromatic heterocycles. The van der Waals surface area contributed by atoms with Crippen LogP contribution in [0.15, 0.2) is 30.6 Å². The summed E-state index contributed by atoms with van der Waals surface area (Å²) >= 11 is 0. The normalized spacial score (nSPS) is 11.3. The predicted octanol–water partition coefficient (Wildman–Crippen LogP) is 4.00. The maximum Gasteiger partial charge on any atom is 0.127 e. The molecule has 0 amide bonds. The molecule has 102 valence electrons. The van der Waals surface area contributed by atoms with Crippen molar-refractivity contribution in [3.8, 4) is 16.9 Å². The van der Waals surface area contributed by atoms with E-state index in [1.165, 1.54) is 5.56 Å². The molecule has 1 heterocycles. The van der Waals surface area contributed by atoms with Gasteiger partial charge in [-0.1, -0.05) is 26.0 Å². The van der Waals surface area contributed by atoms with Gasteiger partial charge in [-0.05, 0) is 31.4 Å². The Morgan fingerprint density at radius 2 is 1.89 bits per heavy atom. The van der Waals surface area contributed by atoms with Gasteiger partial charge in [-0.2, -0.15) is 5.10 Å². The second kappa shape index (κ2) is 5.47. The lowest BCUT2D eigenvalue weighted by molar-refractivity contribution is 0.243. The lowest BCUT2D eigenvalue weighted by Crippen LogP contribution is -2.07. The molecule has 0 N–H and O–H groups in total. The van der Waals surface area contributed by atoms with Crippen LogP contribution in [0.3, 0.4) is 0 Å². The molecule has 0 fully saturated rings. The highest BCUT2D eigenvalue weighted by atomic mass is 16.5. The summed E-state index contributed by atoms with van der Waals surface area (Å²) in [6, 6.07) is 6.44.